The molecule has 0 aromatic heterocycles. The first-order valence-corrected chi connectivity index (χ1v) is 7.03. The number of rotatable bonds is 4. The monoisotopic (exact) mass is 364 g/mol. The van der Waals surface area contributed by atoms with Gasteiger partial charge in [-0.3, -0.25) is 0 Å². The van der Waals surface area contributed by atoms with Crippen molar-refractivity contribution in [3.8, 4) is 11.5 Å². The molecule has 1 aromatic rings. The standard InChI is InChI=1S/C12H14Br2O3/c1-15-7-3-4-10(8(13)5-7)17-11-6-9(14)12(11)16-2/h3-5,9,11-12H,6H2,1-2H3. The largest absolute Gasteiger partial charge is 0.497 e. The summed E-state index contributed by atoms with van der Waals surface area (Å²) in [5.41, 5.74) is 0. The molecule has 94 valence electrons. The minimum atomic E-state index is 0.106. The van der Waals surface area contributed by atoms with Gasteiger partial charge in [0.15, 0.2) is 0 Å². The topological polar surface area (TPSA) is 27.7 Å². The van der Waals surface area contributed by atoms with Gasteiger partial charge in [0.1, 0.15) is 23.7 Å². The molecule has 1 aliphatic carbocycles. The Morgan fingerprint density at radius 1 is 1.29 bits per heavy atom. The second-order valence-corrected chi connectivity index (χ2v) is 5.94. The molecule has 5 heteroatoms. The molecule has 0 radical (unpaired) electrons. The van der Waals surface area contributed by atoms with Crippen LogP contribution >= 0.6 is 31.9 Å². The number of hydrogen-bond acceptors (Lipinski definition) is 3. The maximum absolute atomic E-state index is 5.90. The van der Waals surface area contributed by atoms with E-state index in [0.717, 1.165) is 22.4 Å². The third-order valence-electron chi connectivity index (χ3n) is 2.87. The van der Waals surface area contributed by atoms with E-state index in [0.29, 0.717) is 4.83 Å². The average Bonchev–Trinajstić information content (AvgIpc) is 2.31. The molecular formula is C12H14Br2O3. The fraction of sp³-hybridized carbons (Fsp3) is 0.500. The van der Waals surface area contributed by atoms with Crippen molar-refractivity contribution in [2.45, 2.75) is 23.5 Å². The molecule has 2 rings (SSSR count). The summed E-state index contributed by atoms with van der Waals surface area (Å²) in [6.07, 6.45) is 1.18. The van der Waals surface area contributed by atoms with E-state index in [9.17, 15) is 0 Å². The summed E-state index contributed by atoms with van der Waals surface area (Å²) in [7, 11) is 3.35. The summed E-state index contributed by atoms with van der Waals surface area (Å²) in [4.78, 5) is 0.384. The molecule has 0 saturated heterocycles. The second kappa shape index (κ2) is 5.59. The van der Waals surface area contributed by atoms with Gasteiger partial charge in [0.2, 0.25) is 0 Å². The van der Waals surface area contributed by atoms with E-state index in [1.54, 1.807) is 14.2 Å². The van der Waals surface area contributed by atoms with Gasteiger partial charge in [0.25, 0.3) is 0 Å². The zero-order valence-corrected chi connectivity index (χ0v) is 12.8. The van der Waals surface area contributed by atoms with Gasteiger partial charge in [-0.2, -0.15) is 0 Å². The Labute approximate surface area is 118 Å². The Bertz CT molecular complexity index is 397. The third-order valence-corrected chi connectivity index (χ3v) is 4.38. The van der Waals surface area contributed by atoms with Crippen molar-refractivity contribution in [1.29, 1.82) is 0 Å². The maximum Gasteiger partial charge on any atom is 0.134 e. The summed E-state index contributed by atoms with van der Waals surface area (Å²) < 4.78 is 17.3. The quantitative estimate of drug-likeness (QED) is 0.765. The highest BCUT2D eigenvalue weighted by Gasteiger charge is 2.41. The van der Waals surface area contributed by atoms with Gasteiger partial charge in [0, 0.05) is 18.4 Å². The van der Waals surface area contributed by atoms with Gasteiger partial charge in [-0.25, -0.2) is 0 Å². The zero-order chi connectivity index (χ0) is 12.4. The average molecular weight is 366 g/mol. The minimum Gasteiger partial charge on any atom is -0.497 e. The number of methoxy groups -OCH3 is 2. The summed E-state index contributed by atoms with van der Waals surface area (Å²) in [5.74, 6) is 1.62. The van der Waals surface area contributed by atoms with Crippen molar-refractivity contribution >= 4 is 31.9 Å². The molecule has 0 spiro atoms. The van der Waals surface area contributed by atoms with Crippen LogP contribution in [0.15, 0.2) is 22.7 Å². The van der Waals surface area contributed by atoms with E-state index >= 15 is 0 Å². The lowest BCUT2D eigenvalue weighted by molar-refractivity contribution is -0.0547. The summed E-state index contributed by atoms with van der Waals surface area (Å²) in [6, 6.07) is 5.67. The third kappa shape index (κ3) is 2.77. The highest BCUT2D eigenvalue weighted by molar-refractivity contribution is 9.10. The van der Waals surface area contributed by atoms with Crippen molar-refractivity contribution in [1.82, 2.24) is 0 Å². The van der Waals surface area contributed by atoms with Crippen LogP contribution in [0.25, 0.3) is 0 Å². The van der Waals surface area contributed by atoms with Crippen LogP contribution in [0.3, 0.4) is 0 Å². The van der Waals surface area contributed by atoms with Crippen LogP contribution in [0.1, 0.15) is 6.42 Å². The number of hydrogen-bond donors (Lipinski definition) is 0. The van der Waals surface area contributed by atoms with E-state index in [-0.39, 0.29) is 12.2 Å². The fourth-order valence-electron chi connectivity index (χ4n) is 1.81. The van der Waals surface area contributed by atoms with Crippen LogP contribution in [0.2, 0.25) is 0 Å². The zero-order valence-electron chi connectivity index (χ0n) is 9.65. The van der Waals surface area contributed by atoms with Crippen LogP contribution in [-0.2, 0) is 4.74 Å². The Morgan fingerprint density at radius 3 is 2.59 bits per heavy atom. The SMILES string of the molecule is COc1ccc(OC2CC(Br)C2OC)c(Br)c1. The maximum atomic E-state index is 5.90. The Balaban J connectivity index is 2.04. The molecule has 0 N–H and O–H groups in total. The molecule has 1 aromatic carbocycles. The van der Waals surface area contributed by atoms with Crippen LogP contribution in [0, 0.1) is 0 Å². The van der Waals surface area contributed by atoms with E-state index in [1.807, 2.05) is 18.2 Å². The van der Waals surface area contributed by atoms with Gasteiger partial charge in [-0.1, -0.05) is 15.9 Å². The lowest BCUT2D eigenvalue weighted by atomic mass is 9.91. The molecule has 0 amide bonds. The Hall–Kier alpha value is -0.260. The molecule has 0 bridgehead atoms. The fourth-order valence-corrected chi connectivity index (χ4v) is 3.18. The van der Waals surface area contributed by atoms with E-state index < -0.39 is 0 Å². The normalized spacial score (nSPS) is 27.4. The molecular weight excluding hydrogens is 352 g/mol. The van der Waals surface area contributed by atoms with Gasteiger partial charge in [-0.15, -0.1) is 0 Å². The van der Waals surface area contributed by atoms with Crippen molar-refractivity contribution in [2.75, 3.05) is 14.2 Å². The van der Waals surface area contributed by atoms with E-state index in [2.05, 4.69) is 31.9 Å². The number of halogens is 2. The highest BCUT2D eigenvalue weighted by Crippen LogP contribution is 2.37. The number of alkyl halides is 1. The van der Waals surface area contributed by atoms with Crippen molar-refractivity contribution in [3.63, 3.8) is 0 Å². The van der Waals surface area contributed by atoms with Crippen molar-refractivity contribution in [3.05, 3.63) is 22.7 Å². The molecule has 1 fully saturated rings. The van der Waals surface area contributed by atoms with Crippen LogP contribution in [-0.4, -0.2) is 31.3 Å². The number of benzene rings is 1. The summed E-state index contributed by atoms with van der Waals surface area (Å²) in [5, 5.41) is 0. The molecule has 0 heterocycles. The Kier molecular flexibility index (Phi) is 4.33. The molecule has 1 aliphatic rings. The second-order valence-electron chi connectivity index (χ2n) is 3.90. The summed E-state index contributed by atoms with van der Waals surface area (Å²) >= 11 is 7.01. The first-order chi connectivity index (χ1) is 8.15. The molecule has 3 atom stereocenters. The van der Waals surface area contributed by atoms with Gasteiger partial charge >= 0.3 is 0 Å². The Morgan fingerprint density at radius 2 is 2.06 bits per heavy atom. The van der Waals surface area contributed by atoms with Gasteiger partial charge < -0.3 is 14.2 Å². The predicted octanol–water partition coefficient (Wildman–Crippen LogP) is 3.39. The van der Waals surface area contributed by atoms with Crippen molar-refractivity contribution < 1.29 is 14.2 Å². The minimum absolute atomic E-state index is 0.106. The van der Waals surface area contributed by atoms with Crippen LogP contribution < -0.4 is 9.47 Å². The lowest BCUT2D eigenvalue weighted by Crippen LogP contribution is -2.51. The molecule has 3 nitrogen and oxygen atoms in total. The summed E-state index contributed by atoms with van der Waals surface area (Å²) in [6.45, 7) is 0. The van der Waals surface area contributed by atoms with Gasteiger partial charge in [-0.05, 0) is 34.1 Å². The molecule has 1 saturated carbocycles. The highest BCUT2D eigenvalue weighted by atomic mass is 79.9. The number of ether oxygens (including phenoxy) is 3. The predicted molar refractivity (Wildman–Crippen MR) is 73.2 cm³/mol. The van der Waals surface area contributed by atoms with Crippen LogP contribution in [0.4, 0.5) is 0 Å². The lowest BCUT2D eigenvalue weighted by Gasteiger charge is -2.40. The first kappa shape index (κ1) is 13.2. The van der Waals surface area contributed by atoms with E-state index in [4.69, 9.17) is 14.2 Å². The molecule has 0 aliphatic heterocycles. The molecule has 3 unspecified atom stereocenters. The molecule has 17 heavy (non-hydrogen) atoms. The van der Waals surface area contributed by atoms with Crippen molar-refractivity contribution in [2.24, 2.45) is 0 Å². The first-order valence-electron chi connectivity index (χ1n) is 5.32. The van der Waals surface area contributed by atoms with E-state index in [1.165, 1.54) is 0 Å². The van der Waals surface area contributed by atoms with Crippen LogP contribution in [0.5, 0.6) is 11.5 Å². The smallest absolute Gasteiger partial charge is 0.134 e. The van der Waals surface area contributed by atoms with Gasteiger partial charge in [0.05, 0.1) is 11.6 Å².